The third-order valence-corrected chi connectivity index (χ3v) is 3.36. The molecule has 5 nitrogen and oxygen atoms in total. The number of nitrogen functional groups attached to an aromatic ring is 1. The molecule has 1 aromatic rings. The van der Waals surface area contributed by atoms with Gasteiger partial charge in [0.25, 0.3) is 0 Å². The van der Waals surface area contributed by atoms with Gasteiger partial charge in [-0.3, -0.25) is 0 Å². The summed E-state index contributed by atoms with van der Waals surface area (Å²) in [5.74, 6) is 2.54. The van der Waals surface area contributed by atoms with Crippen molar-refractivity contribution in [3.8, 4) is 5.88 Å². The summed E-state index contributed by atoms with van der Waals surface area (Å²) in [7, 11) is 0. The number of aromatic nitrogens is 2. The summed E-state index contributed by atoms with van der Waals surface area (Å²) >= 11 is 0. The molecule has 0 aliphatic rings. The van der Waals surface area contributed by atoms with Crippen LogP contribution in [0.25, 0.3) is 0 Å². The molecule has 0 aromatic carbocycles. The van der Waals surface area contributed by atoms with E-state index in [4.69, 9.17) is 10.5 Å². The zero-order valence-electron chi connectivity index (χ0n) is 14.6. The maximum absolute atomic E-state index is 6.17. The number of hydrogen-bond acceptors (Lipinski definition) is 5. The molecular weight excluding hydrogens is 276 g/mol. The van der Waals surface area contributed by atoms with Gasteiger partial charge in [-0.2, -0.15) is 4.98 Å². The summed E-state index contributed by atoms with van der Waals surface area (Å²) in [5, 5.41) is 3.34. The van der Waals surface area contributed by atoms with Crippen LogP contribution >= 0.6 is 0 Å². The lowest BCUT2D eigenvalue weighted by molar-refractivity contribution is 0.298. The normalized spacial score (nSPS) is 11.0. The molecule has 0 unspecified atom stereocenters. The zero-order valence-corrected chi connectivity index (χ0v) is 14.6. The quantitative estimate of drug-likeness (QED) is 0.604. The molecule has 0 amide bonds. The second kappa shape index (κ2) is 10.2. The number of rotatable bonds is 11. The molecule has 0 bridgehead atoms. The largest absolute Gasteiger partial charge is 0.476 e. The van der Waals surface area contributed by atoms with Crippen molar-refractivity contribution in [2.24, 2.45) is 5.92 Å². The average Bonchev–Trinajstić information content (AvgIpc) is 2.47. The first-order valence-corrected chi connectivity index (χ1v) is 8.61. The maximum Gasteiger partial charge on any atom is 0.242 e. The van der Waals surface area contributed by atoms with Crippen LogP contribution in [0, 0.1) is 5.92 Å². The van der Waals surface area contributed by atoms with Gasteiger partial charge in [0.1, 0.15) is 11.5 Å². The fraction of sp³-hybridized carbons (Fsp3) is 0.765. The predicted octanol–water partition coefficient (Wildman–Crippen LogP) is 4.04. The van der Waals surface area contributed by atoms with E-state index < -0.39 is 0 Å². The molecule has 0 fully saturated rings. The first kappa shape index (κ1) is 18.5. The summed E-state index contributed by atoms with van der Waals surface area (Å²) in [5.41, 5.74) is 6.70. The van der Waals surface area contributed by atoms with E-state index in [-0.39, 0.29) is 0 Å². The van der Waals surface area contributed by atoms with Crippen LogP contribution < -0.4 is 15.8 Å². The van der Waals surface area contributed by atoms with Gasteiger partial charge in [0, 0.05) is 13.0 Å². The molecule has 1 aromatic heterocycles. The number of nitrogens with one attached hydrogen (secondary N) is 1. The Bertz CT molecular complexity index is 435. The topological polar surface area (TPSA) is 73.1 Å². The summed E-state index contributed by atoms with van der Waals surface area (Å²) in [4.78, 5) is 9.06. The first-order valence-electron chi connectivity index (χ1n) is 8.61. The number of hydrogen-bond donors (Lipinski definition) is 2. The van der Waals surface area contributed by atoms with E-state index in [0.717, 1.165) is 38.1 Å². The molecule has 0 saturated heterocycles. The van der Waals surface area contributed by atoms with Gasteiger partial charge in [-0.15, -0.1) is 0 Å². The van der Waals surface area contributed by atoms with Gasteiger partial charge in [-0.25, -0.2) is 4.98 Å². The minimum atomic E-state index is 0.500. The Hall–Kier alpha value is -1.52. The summed E-state index contributed by atoms with van der Waals surface area (Å²) in [6.45, 7) is 10.2. The van der Waals surface area contributed by atoms with Gasteiger partial charge in [0.15, 0.2) is 5.82 Å². The van der Waals surface area contributed by atoms with Crippen molar-refractivity contribution in [1.29, 1.82) is 0 Å². The van der Waals surface area contributed by atoms with E-state index in [1.807, 2.05) is 0 Å². The molecule has 0 radical (unpaired) electrons. The van der Waals surface area contributed by atoms with Crippen LogP contribution in [0.4, 0.5) is 11.5 Å². The lowest BCUT2D eigenvalue weighted by atomic mass is 10.1. The van der Waals surface area contributed by atoms with E-state index in [1.54, 1.807) is 0 Å². The van der Waals surface area contributed by atoms with Gasteiger partial charge in [-0.05, 0) is 18.8 Å². The molecule has 22 heavy (non-hydrogen) atoms. The van der Waals surface area contributed by atoms with Crippen LogP contribution in [0.3, 0.4) is 0 Å². The number of nitrogens with two attached hydrogens (primary N) is 1. The Kier molecular flexibility index (Phi) is 8.63. The Morgan fingerprint density at radius 2 is 1.82 bits per heavy atom. The number of ether oxygens (including phenoxy) is 1. The van der Waals surface area contributed by atoms with Gasteiger partial charge >= 0.3 is 0 Å². The number of unbranched alkanes of at least 4 members (excludes halogenated alkanes) is 3. The van der Waals surface area contributed by atoms with Crippen LogP contribution in [0.15, 0.2) is 0 Å². The Morgan fingerprint density at radius 3 is 2.45 bits per heavy atom. The lowest BCUT2D eigenvalue weighted by Crippen LogP contribution is -2.13. The summed E-state index contributed by atoms with van der Waals surface area (Å²) in [6.07, 6.45) is 6.44. The molecule has 1 rings (SSSR count). The minimum Gasteiger partial charge on any atom is -0.476 e. The molecule has 5 heteroatoms. The Morgan fingerprint density at radius 1 is 1.09 bits per heavy atom. The Labute approximate surface area is 135 Å². The monoisotopic (exact) mass is 308 g/mol. The SMILES string of the molecule is CCCCCNc1nc(CC(C)C)nc(OCCCC)c1N. The smallest absolute Gasteiger partial charge is 0.242 e. The van der Waals surface area contributed by atoms with Crippen molar-refractivity contribution in [3.63, 3.8) is 0 Å². The van der Waals surface area contributed by atoms with Crippen molar-refractivity contribution in [1.82, 2.24) is 9.97 Å². The predicted molar refractivity (Wildman–Crippen MR) is 93.4 cm³/mol. The third-order valence-electron chi connectivity index (χ3n) is 3.36. The molecule has 3 N–H and O–H groups in total. The molecule has 0 aliphatic heterocycles. The molecule has 0 atom stereocenters. The van der Waals surface area contributed by atoms with Crippen LogP contribution in [-0.2, 0) is 6.42 Å². The highest BCUT2D eigenvalue weighted by atomic mass is 16.5. The number of anilines is 2. The highest BCUT2D eigenvalue weighted by Crippen LogP contribution is 2.27. The van der Waals surface area contributed by atoms with E-state index in [9.17, 15) is 0 Å². The zero-order chi connectivity index (χ0) is 16.4. The Balaban J connectivity index is 2.83. The molecule has 0 saturated carbocycles. The van der Waals surface area contributed by atoms with Crippen molar-refractivity contribution < 1.29 is 4.74 Å². The summed E-state index contributed by atoms with van der Waals surface area (Å²) < 4.78 is 5.75. The highest BCUT2D eigenvalue weighted by Gasteiger charge is 2.13. The van der Waals surface area contributed by atoms with Crippen LogP contribution in [0.1, 0.15) is 65.6 Å². The van der Waals surface area contributed by atoms with E-state index in [2.05, 4.69) is 43.0 Å². The summed E-state index contributed by atoms with van der Waals surface area (Å²) in [6, 6.07) is 0. The van der Waals surface area contributed by atoms with Crippen molar-refractivity contribution in [2.75, 3.05) is 24.2 Å². The standard InChI is InChI=1S/C17H32N4O/c1-5-7-9-10-19-16-15(18)17(22-11-8-6-2)21-14(20-16)12-13(3)4/h13H,5-12,18H2,1-4H3,(H,19,20,21). The van der Waals surface area contributed by atoms with E-state index in [1.165, 1.54) is 12.8 Å². The van der Waals surface area contributed by atoms with Crippen LogP contribution in [-0.4, -0.2) is 23.1 Å². The lowest BCUT2D eigenvalue weighted by Gasteiger charge is -2.15. The van der Waals surface area contributed by atoms with Crippen molar-refractivity contribution >= 4 is 11.5 Å². The molecule has 0 spiro atoms. The molecular formula is C17H32N4O. The minimum absolute atomic E-state index is 0.500. The van der Waals surface area contributed by atoms with Crippen molar-refractivity contribution in [2.45, 2.75) is 66.2 Å². The van der Waals surface area contributed by atoms with Crippen LogP contribution in [0.5, 0.6) is 5.88 Å². The number of nitrogens with zero attached hydrogens (tertiary/aromatic N) is 2. The van der Waals surface area contributed by atoms with Gasteiger partial charge in [0.05, 0.1) is 6.61 Å². The first-order chi connectivity index (χ1) is 10.6. The van der Waals surface area contributed by atoms with Gasteiger partial charge in [-0.1, -0.05) is 47.0 Å². The fourth-order valence-electron chi connectivity index (χ4n) is 2.09. The average molecular weight is 308 g/mol. The molecule has 126 valence electrons. The van der Waals surface area contributed by atoms with Crippen LogP contribution in [0.2, 0.25) is 0 Å². The second-order valence-corrected chi connectivity index (χ2v) is 6.14. The third kappa shape index (κ3) is 6.50. The second-order valence-electron chi connectivity index (χ2n) is 6.14. The van der Waals surface area contributed by atoms with Gasteiger partial charge in [0.2, 0.25) is 5.88 Å². The molecule has 1 heterocycles. The van der Waals surface area contributed by atoms with Crippen molar-refractivity contribution in [3.05, 3.63) is 5.82 Å². The van der Waals surface area contributed by atoms with E-state index >= 15 is 0 Å². The van der Waals surface area contributed by atoms with E-state index in [0.29, 0.717) is 29.9 Å². The van der Waals surface area contributed by atoms with Gasteiger partial charge < -0.3 is 15.8 Å². The highest BCUT2D eigenvalue weighted by molar-refractivity contribution is 5.66. The maximum atomic E-state index is 6.17. The molecule has 0 aliphatic carbocycles. The fourth-order valence-corrected chi connectivity index (χ4v) is 2.09.